The summed E-state index contributed by atoms with van der Waals surface area (Å²) in [5.41, 5.74) is 0. The van der Waals surface area contributed by atoms with Gasteiger partial charge < -0.3 is 19.0 Å². The molecule has 0 aliphatic heterocycles. The van der Waals surface area contributed by atoms with Gasteiger partial charge in [-0.15, -0.1) is 0 Å². The molecule has 0 spiro atoms. The minimum absolute atomic E-state index is 0.0197. The Kier molecular flexibility index (Phi) is 7.13. The van der Waals surface area contributed by atoms with E-state index in [1.807, 2.05) is 0 Å². The van der Waals surface area contributed by atoms with Crippen LogP contribution >= 0.6 is 15.9 Å². The Hall–Kier alpha value is -0.450. The quantitative estimate of drug-likeness (QED) is 0.690. The molecule has 0 atom stereocenters. The number of ether oxygens (including phenoxy) is 2. The zero-order chi connectivity index (χ0) is 15.2. The lowest BCUT2D eigenvalue weighted by atomic mass is 10.5. The molecule has 1 aromatic heterocycles. The molecule has 116 valence electrons. The average molecular weight is 372 g/mol. The maximum absolute atomic E-state index is 12.5. The van der Waals surface area contributed by atoms with E-state index in [4.69, 9.17) is 19.0 Å². The van der Waals surface area contributed by atoms with Crippen molar-refractivity contribution in [2.75, 3.05) is 40.5 Å². The highest BCUT2D eigenvalue weighted by Gasteiger charge is 2.29. The Morgan fingerprint density at radius 3 is 2.25 bits per heavy atom. The highest BCUT2D eigenvalue weighted by atomic mass is 79.9. The van der Waals surface area contributed by atoms with Crippen molar-refractivity contribution in [2.24, 2.45) is 0 Å². The highest BCUT2D eigenvalue weighted by Crippen LogP contribution is 2.28. The Balaban J connectivity index is 3.03. The Morgan fingerprint density at radius 2 is 1.85 bits per heavy atom. The zero-order valence-electron chi connectivity index (χ0n) is 11.3. The zero-order valence-corrected chi connectivity index (χ0v) is 13.7. The van der Waals surface area contributed by atoms with Crippen molar-refractivity contribution in [2.45, 2.75) is 11.5 Å². The predicted octanol–water partition coefficient (Wildman–Crippen LogP) is 0.818. The van der Waals surface area contributed by atoms with E-state index in [0.29, 0.717) is 0 Å². The molecule has 1 heterocycles. The third-order valence-corrected chi connectivity index (χ3v) is 5.33. The molecule has 0 saturated heterocycles. The molecule has 0 bridgehead atoms. The van der Waals surface area contributed by atoms with Gasteiger partial charge in [0, 0.05) is 33.4 Å². The van der Waals surface area contributed by atoms with Gasteiger partial charge in [0.05, 0.1) is 13.2 Å². The maximum atomic E-state index is 12.5. The van der Waals surface area contributed by atoms with E-state index in [2.05, 4.69) is 15.9 Å². The van der Waals surface area contributed by atoms with E-state index in [-0.39, 0.29) is 48.2 Å². The van der Waals surface area contributed by atoms with Crippen LogP contribution in [-0.4, -0.2) is 58.4 Å². The Labute approximate surface area is 126 Å². The summed E-state index contributed by atoms with van der Waals surface area (Å²) >= 11 is 3.05. The smallest absolute Gasteiger partial charge is 0.247 e. The van der Waals surface area contributed by atoms with Crippen LogP contribution in [-0.2, 0) is 26.1 Å². The lowest BCUT2D eigenvalue weighted by molar-refractivity contribution is 0.150. The number of nitrogens with zero attached hydrogens (tertiary/aromatic N) is 1. The number of aliphatic hydroxyl groups excluding tert-OH is 1. The third-order valence-electron chi connectivity index (χ3n) is 2.57. The van der Waals surface area contributed by atoms with Gasteiger partial charge >= 0.3 is 0 Å². The topological polar surface area (TPSA) is 89.2 Å². The summed E-state index contributed by atoms with van der Waals surface area (Å²) in [6, 6.07) is 1.30. The maximum Gasteiger partial charge on any atom is 0.247 e. The fraction of sp³-hybridized carbons (Fsp3) is 0.636. The molecular formula is C11H18BrNO6S. The van der Waals surface area contributed by atoms with Crippen LogP contribution in [0.5, 0.6) is 0 Å². The van der Waals surface area contributed by atoms with Gasteiger partial charge in [0.15, 0.2) is 4.67 Å². The van der Waals surface area contributed by atoms with Crippen LogP contribution in [0.25, 0.3) is 0 Å². The average Bonchev–Trinajstić information content (AvgIpc) is 2.80. The summed E-state index contributed by atoms with van der Waals surface area (Å²) in [6.07, 6.45) is 0. The first-order chi connectivity index (χ1) is 9.47. The molecule has 0 aliphatic rings. The van der Waals surface area contributed by atoms with Gasteiger partial charge in [0.2, 0.25) is 10.0 Å². The Bertz CT molecular complexity index is 507. The summed E-state index contributed by atoms with van der Waals surface area (Å²) in [7, 11) is -0.746. The lowest BCUT2D eigenvalue weighted by Crippen LogP contribution is -2.36. The van der Waals surface area contributed by atoms with Crippen LogP contribution in [0.15, 0.2) is 20.0 Å². The van der Waals surface area contributed by atoms with Crippen molar-refractivity contribution in [1.82, 2.24) is 4.31 Å². The molecule has 0 aromatic carbocycles. The SMILES string of the molecule is COCCN(CCOC)S(=O)(=O)c1cc(CO)oc1Br. The number of methoxy groups -OCH3 is 2. The summed E-state index contributed by atoms with van der Waals surface area (Å²) in [5.74, 6) is 0.175. The van der Waals surface area contributed by atoms with Crippen molar-refractivity contribution in [1.29, 1.82) is 0 Å². The van der Waals surface area contributed by atoms with Crippen LogP contribution < -0.4 is 0 Å². The molecule has 0 saturated carbocycles. The molecule has 20 heavy (non-hydrogen) atoms. The van der Waals surface area contributed by atoms with Crippen LogP contribution in [0.2, 0.25) is 0 Å². The second-order valence-electron chi connectivity index (χ2n) is 3.90. The van der Waals surface area contributed by atoms with Gasteiger partial charge in [-0.2, -0.15) is 4.31 Å². The van der Waals surface area contributed by atoms with E-state index in [1.165, 1.54) is 24.6 Å². The fourth-order valence-electron chi connectivity index (χ4n) is 1.53. The molecule has 1 aromatic rings. The van der Waals surface area contributed by atoms with Gasteiger partial charge in [0.1, 0.15) is 17.3 Å². The van der Waals surface area contributed by atoms with Gasteiger partial charge in [-0.3, -0.25) is 0 Å². The van der Waals surface area contributed by atoms with E-state index in [9.17, 15) is 8.42 Å². The van der Waals surface area contributed by atoms with Gasteiger partial charge in [-0.25, -0.2) is 8.42 Å². The van der Waals surface area contributed by atoms with Crippen molar-refractivity contribution in [3.8, 4) is 0 Å². The summed E-state index contributed by atoms with van der Waals surface area (Å²) in [4.78, 5) is -0.0197. The molecule has 0 aliphatic carbocycles. The number of furan rings is 1. The van der Waals surface area contributed by atoms with Gasteiger partial charge in [-0.1, -0.05) is 0 Å². The van der Waals surface area contributed by atoms with Crippen molar-refractivity contribution in [3.63, 3.8) is 0 Å². The number of hydrogen-bond acceptors (Lipinski definition) is 6. The van der Waals surface area contributed by atoms with E-state index in [0.717, 1.165) is 0 Å². The first-order valence-corrected chi connectivity index (χ1v) is 8.07. The molecule has 1 N–H and O–H groups in total. The minimum Gasteiger partial charge on any atom is -0.450 e. The summed E-state index contributed by atoms with van der Waals surface area (Å²) < 4.78 is 41.3. The van der Waals surface area contributed by atoms with Crippen LogP contribution in [0, 0.1) is 0 Å². The second kappa shape index (κ2) is 8.11. The molecule has 7 nitrogen and oxygen atoms in total. The number of sulfonamides is 1. The molecule has 0 fully saturated rings. The van der Waals surface area contributed by atoms with Crippen LogP contribution in [0.1, 0.15) is 5.76 Å². The van der Waals surface area contributed by atoms with E-state index >= 15 is 0 Å². The van der Waals surface area contributed by atoms with Crippen molar-refractivity contribution >= 4 is 26.0 Å². The molecule has 9 heteroatoms. The summed E-state index contributed by atoms with van der Waals surface area (Å²) in [6.45, 7) is 0.573. The van der Waals surface area contributed by atoms with Gasteiger partial charge in [0.25, 0.3) is 0 Å². The monoisotopic (exact) mass is 371 g/mol. The number of aliphatic hydroxyl groups is 1. The van der Waals surface area contributed by atoms with Crippen LogP contribution in [0.4, 0.5) is 0 Å². The first kappa shape index (κ1) is 17.6. The lowest BCUT2D eigenvalue weighted by Gasteiger charge is -2.20. The minimum atomic E-state index is -3.74. The van der Waals surface area contributed by atoms with Crippen molar-refractivity contribution < 1.29 is 27.4 Å². The molecular weight excluding hydrogens is 354 g/mol. The van der Waals surface area contributed by atoms with E-state index in [1.54, 1.807) is 0 Å². The standard InChI is InChI=1S/C11H18BrNO6S/c1-17-5-3-13(4-6-18-2)20(15,16)10-7-9(8-14)19-11(10)12/h7,14H,3-6,8H2,1-2H3. The van der Waals surface area contributed by atoms with Crippen molar-refractivity contribution in [3.05, 3.63) is 16.5 Å². The first-order valence-electron chi connectivity index (χ1n) is 5.84. The number of hydrogen-bond donors (Lipinski definition) is 1. The molecule has 0 amide bonds. The molecule has 0 radical (unpaired) electrons. The third kappa shape index (κ3) is 4.27. The van der Waals surface area contributed by atoms with Crippen LogP contribution in [0.3, 0.4) is 0 Å². The predicted molar refractivity (Wildman–Crippen MR) is 74.8 cm³/mol. The van der Waals surface area contributed by atoms with Gasteiger partial charge in [-0.05, 0) is 15.9 Å². The fourth-order valence-corrected chi connectivity index (χ4v) is 3.90. The largest absolute Gasteiger partial charge is 0.450 e. The second-order valence-corrected chi connectivity index (χ2v) is 6.53. The number of halogens is 1. The van der Waals surface area contributed by atoms with E-state index < -0.39 is 10.0 Å². The molecule has 1 rings (SSSR count). The normalized spacial score (nSPS) is 12.2. The Morgan fingerprint density at radius 1 is 1.30 bits per heavy atom. The summed E-state index contributed by atoms with van der Waals surface area (Å²) in [5, 5.41) is 9.00. The highest BCUT2D eigenvalue weighted by molar-refractivity contribution is 9.10. The molecule has 0 unspecified atom stereocenters. The number of rotatable bonds is 9.